The molecule has 6 aromatic rings. The molecule has 1 aromatic heterocycles. The second-order valence-electron chi connectivity index (χ2n) is 14.9. The number of ether oxygens (including phenoxy) is 3. The number of methoxy groups -OCH3 is 3. The number of sulfonamides is 1. The van der Waals surface area contributed by atoms with Gasteiger partial charge in [0.05, 0.1) is 72.1 Å². The van der Waals surface area contributed by atoms with Crippen molar-refractivity contribution in [3.63, 3.8) is 0 Å². The zero-order valence-corrected chi connectivity index (χ0v) is 33.6. The van der Waals surface area contributed by atoms with E-state index in [4.69, 9.17) is 14.2 Å². The Labute approximate surface area is 335 Å². The van der Waals surface area contributed by atoms with Crippen LogP contribution in [0.3, 0.4) is 0 Å². The van der Waals surface area contributed by atoms with E-state index in [1.54, 1.807) is 79.9 Å². The molecule has 15 heteroatoms. The standard InChI is InChI=1S/C43H44F3N6O5S/c1-52(2)27-34(28-52)32-12-14-33(15-13-32)38-22-23-39(43(44,45)46)41(40(38)42-47-49-51(48-42)26-31-10-20-37(57-5)21-11-31)58(53,54)50(24-29-6-16-35(55-3)17-7-29)25-30-8-18-36(56-4)19-9-30/h6-23,34H,24-28H2,1-5H3/q+1. The number of tetrazole rings is 1. The molecule has 2 heterocycles. The molecular weight excluding hydrogens is 770 g/mol. The number of benzene rings is 5. The summed E-state index contributed by atoms with van der Waals surface area (Å²) in [5.74, 6) is 1.77. The van der Waals surface area contributed by atoms with E-state index < -0.39 is 26.7 Å². The first-order chi connectivity index (χ1) is 27.7. The number of likely N-dealkylation sites (tertiary alicyclic amines) is 1. The summed E-state index contributed by atoms with van der Waals surface area (Å²) in [6, 6.07) is 30.1. The number of rotatable bonds is 14. The van der Waals surface area contributed by atoms with Crippen LogP contribution in [0.5, 0.6) is 17.2 Å². The first kappa shape index (κ1) is 40.4. The van der Waals surface area contributed by atoms with E-state index in [0.717, 1.165) is 39.1 Å². The molecule has 1 aliphatic rings. The average molecular weight is 814 g/mol. The Morgan fingerprint density at radius 2 is 1.22 bits per heavy atom. The Balaban J connectivity index is 1.41. The van der Waals surface area contributed by atoms with E-state index in [1.165, 1.54) is 25.1 Å². The molecule has 0 N–H and O–H groups in total. The molecule has 7 rings (SSSR count). The summed E-state index contributed by atoms with van der Waals surface area (Å²) in [5, 5.41) is 13.0. The van der Waals surface area contributed by atoms with Crippen molar-refractivity contribution in [2.24, 2.45) is 0 Å². The second kappa shape index (κ2) is 16.2. The molecule has 5 aromatic carbocycles. The average Bonchev–Trinajstić information content (AvgIpc) is 3.67. The van der Waals surface area contributed by atoms with Crippen LogP contribution < -0.4 is 14.2 Å². The smallest absolute Gasteiger partial charge is 0.417 e. The molecule has 0 amide bonds. The van der Waals surface area contributed by atoms with Crippen molar-refractivity contribution in [2.45, 2.75) is 36.6 Å². The summed E-state index contributed by atoms with van der Waals surface area (Å²) in [6.45, 7) is 1.49. The van der Waals surface area contributed by atoms with Crippen LogP contribution in [0.25, 0.3) is 22.5 Å². The Hall–Kier alpha value is -5.77. The monoisotopic (exact) mass is 813 g/mol. The first-order valence-electron chi connectivity index (χ1n) is 18.5. The molecule has 11 nitrogen and oxygen atoms in total. The first-order valence-corrected chi connectivity index (χ1v) is 19.9. The number of quaternary nitrogens is 1. The minimum absolute atomic E-state index is 0.110. The van der Waals surface area contributed by atoms with Crippen molar-refractivity contribution in [1.82, 2.24) is 24.5 Å². The summed E-state index contributed by atoms with van der Waals surface area (Å²) < 4.78 is 94.4. The lowest BCUT2D eigenvalue weighted by molar-refractivity contribution is -0.932. The number of halogens is 3. The van der Waals surface area contributed by atoms with Gasteiger partial charge in [0.15, 0.2) is 0 Å². The Morgan fingerprint density at radius 1 is 0.724 bits per heavy atom. The number of likely N-dealkylation sites (N-methyl/N-ethyl adjacent to an activating group) is 1. The molecule has 0 bridgehead atoms. The summed E-state index contributed by atoms with van der Waals surface area (Å²) in [5.41, 5.74) is 1.97. The van der Waals surface area contributed by atoms with Crippen LogP contribution in [0.4, 0.5) is 13.2 Å². The van der Waals surface area contributed by atoms with Crippen molar-refractivity contribution < 1.29 is 40.3 Å². The summed E-state index contributed by atoms with van der Waals surface area (Å²) in [7, 11) is 3.85. The maximum Gasteiger partial charge on any atom is 0.417 e. The lowest BCUT2D eigenvalue weighted by Crippen LogP contribution is -2.56. The lowest BCUT2D eigenvalue weighted by atomic mass is 9.88. The van der Waals surface area contributed by atoms with E-state index in [-0.39, 0.29) is 36.6 Å². The number of alkyl halides is 3. The third-order valence-corrected chi connectivity index (χ3v) is 12.3. The van der Waals surface area contributed by atoms with Gasteiger partial charge in [0, 0.05) is 13.1 Å². The molecule has 0 unspecified atom stereocenters. The van der Waals surface area contributed by atoms with E-state index in [1.807, 2.05) is 24.3 Å². The molecule has 0 atom stereocenters. The highest BCUT2D eigenvalue weighted by Crippen LogP contribution is 2.45. The van der Waals surface area contributed by atoms with Gasteiger partial charge in [-0.15, -0.1) is 10.2 Å². The maximum atomic E-state index is 15.3. The normalized spacial score (nSPS) is 14.3. The molecule has 0 saturated carbocycles. The number of aromatic nitrogens is 4. The van der Waals surface area contributed by atoms with Crippen LogP contribution in [-0.2, 0) is 35.8 Å². The fourth-order valence-electron chi connectivity index (χ4n) is 7.35. The zero-order valence-electron chi connectivity index (χ0n) is 32.8. The van der Waals surface area contributed by atoms with Gasteiger partial charge >= 0.3 is 6.18 Å². The minimum atomic E-state index is -5.08. The van der Waals surface area contributed by atoms with Gasteiger partial charge in [-0.25, -0.2) is 8.42 Å². The van der Waals surface area contributed by atoms with Crippen LogP contribution in [0.2, 0.25) is 0 Å². The van der Waals surface area contributed by atoms with Crippen molar-refractivity contribution in [3.05, 3.63) is 137 Å². The topological polar surface area (TPSA) is 109 Å². The summed E-state index contributed by atoms with van der Waals surface area (Å²) >= 11 is 0. The maximum absolute atomic E-state index is 15.3. The molecule has 58 heavy (non-hydrogen) atoms. The number of hydrogen-bond donors (Lipinski definition) is 0. The second-order valence-corrected chi connectivity index (χ2v) is 16.8. The Kier molecular flexibility index (Phi) is 11.3. The third-order valence-electron chi connectivity index (χ3n) is 10.4. The molecular formula is C43H44F3N6O5S+. The quantitative estimate of drug-likeness (QED) is 0.103. The molecule has 1 fully saturated rings. The highest BCUT2D eigenvalue weighted by molar-refractivity contribution is 7.89. The van der Waals surface area contributed by atoms with E-state index in [0.29, 0.717) is 39.9 Å². The van der Waals surface area contributed by atoms with Gasteiger partial charge < -0.3 is 18.7 Å². The van der Waals surface area contributed by atoms with E-state index in [2.05, 4.69) is 29.5 Å². The van der Waals surface area contributed by atoms with Crippen molar-refractivity contribution >= 4 is 10.0 Å². The number of hydrogen-bond acceptors (Lipinski definition) is 8. The lowest BCUT2D eigenvalue weighted by Gasteiger charge is -2.44. The molecule has 0 aliphatic carbocycles. The van der Waals surface area contributed by atoms with Crippen molar-refractivity contribution in [2.75, 3.05) is 48.5 Å². The molecule has 0 radical (unpaired) electrons. The SMILES string of the molecule is COc1ccc(CN(Cc2ccc(OC)cc2)S(=O)(=O)c2c(C(F)(F)F)ccc(-c3ccc(C4C[N+](C)(C)C4)cc3)c2-c2nnn(Cc3ccc(OC)cc3)n2)cc1. The largest absolute Gasteiger partial charge is 0.497 e. The highest BCUT2D eigenvalue weighted by Gasteiger charge is 2.43. The van der Waals surface area contributed by atoms with Crippen molar-refractivity contribution in [1.29, 1.82) is 0 Å². The van der Waals surface area contributed by atoms with Gasteiger partial charge in [-0.1, -0.05) is 66.7 Å². The Morgan fingerprint density at radius 3 is 1.69 bits per heavy atom. The Bertz CT molecular complexity index is 2420. The van der Waals surface area contributed by atoms with Gasteiger partial charge in [0.25, 0.3) is 0 Å². The van der Waals surface area contributed by atoms with Gasteiger partial charge in [-0.05, 0) is 81.1 Å². The van der Waals surface area contributed by atoms with Crippen molar-refractivity contribution in [3.8, 4) is 39.8 Å². The summed E-state index contributed by atoms with van der Waals surface area (Å²) in [4.78, 5) is 0.259. The third kappa shape index (κ3) is 8.71. The molecule has 0 spiro atoms. The predicted octanol–water partition coefficient (Wildman–Crippen LogP) is 7.66. The zero-order chi connectivity index (χ0) is 41.2. The minimum Gasteiger partial charge on any atom is -0.497 e. The van der Waals surface area contributed by atoms with Crippen LogP contribution >= 0.6 is 0 Å². The van der Waals surface area contributed by atoms with Gasteiger partial charge in [0.2, 0.25) is 15.8 Å². The van der Waals surface area contributed by atoms with Crippen LogP contribution in [0.1, 0.15) is 33.7 Å². The predicted molar refractivity (Wildman–Crippen MR) is 213 cm³/mol. The summed E-state index contributed by atoms with van der Waals surface area (Å²) in [6.07, 6.45) is -5.08. The van der Waals surface area contributed by atoms with Crippen LogP contribution in [0, 0.1) is 0 Å². The fourth-order valence-corrected chi connectivity index (χ4v) is 9.17. The number of nitrogens with zero attached hydrogens (tertiary/aromatic N) is 6. The van der Waals surface area contributed by atoms with Gasteiger partial charge in [-0.2, -0.15) is 22.3 Å². The van der Waals surface area contributed by atoms with E-state index >= 15 is 21.6 Å². The fraction of sp³-hybridized carbons (Fsp3) is 0.279. The van der Waals surface area contributed by atoms with Gasteiger partial charge in [0.1, 0.15) is 22.1 Å². The molecule has 1 saturated heterocycles. The van der Waals surface area contributed by atoms with Crippen LogP contribution in [-0.4, -0.2) is 85.9 Å². The van der Waals surface area contributed by atoms with E-state index in [9.17, 15) is 0 Å². The van der Waals surface area contributed by atoms with Gasteiger partial charge in [-0.3, -0.25) is 0 Å². The highest BCUT2D eigenvalue weighted by atomic mass is 32.2. The molecule has 1 aliphatic heterocycles. The van der Waals surface area contributed by atoms with Crippen LogP contribution in [0.15, 0.2) is 114 Å². The molecule has 302 valence electrons.